The molecule has 0 spiro atoms. The highest BCUT2D eigenvalue weighted by molar-refractivity contribution is 6.95. The molecule has 45 heavy (non-hydrogen) atoms. The van der Waals surface area contributed by atoms with E-state index >= 15 is 0 Å². The van der Waals surface area contributed by atoms with Gasteiger partial charge in [-0.3, -0.25) is 0 Å². The topological polar surface area (TPSA) is 9.86 Å². The van der Waals surface area contributed by atoms with Crippen LogP contribution in [-0.4, -0.2) is 15.8 Å². The summed E-state index contributed by atoms with van der Waals surface area (Å²) in [4.78, 5) is 0. The molecule has 9 rings (SSSR count). The molecule has 2 aromatic heterocycles. The van der Waals surface area contributed by atoms with Gasteiger partial charge in [0.2, 0.25) is 6.71 Å². The Bertz CT molecular complexity index is 2440. The Morgan fingerprint density at radius 3 is 1.27 bits per heavy atom. The van der Waals surface area contributed by atoms with Gasteiger partial charge < -0.3 is 9.13 Å². The normalized spacial score (nSPS) is 11.6. The van der Waals surface area contributed by atoms with E-state index in [0.717, 1.165) is 0 Å². The largest absolute Gasteiger partial charge is 0.309 e. The first kappa shape index (κ1) is 25.7. The van der Waals surface area contributed by atoms with Crippen molar-refractivity contribution in [1.82, 2.24) is 9.13 Å². The van der Waals surface area contributed by atoms with E-state index in [1.54, 1.807) is 0 Å². The molecule has 0 atom stereocenters. The highest BCUT2D eigenvalue weighted by Gasteiger charge is 2.23. The van der Waals surface area contributed by atoms with Gasteiger partial charge in [-0.1, -0.05) is 144 Å². The van der Waals surface area contributed by atoms with Gasteiger partial charge >= 0.3 is 0 Å². The molecular formula is C42H29BN2. The van der Waals surface area contributed by atoms with Crippen molar-refractivity contribution in [3.63, 3.8) is 0 Å². The SMILES string of the molecule is c1ccc(B(c2ccccc2)c2cccc(-n3c4ccccc4c4cc5c(cc43)c3ccccc3n5-c3ccccc3)c2)cc1. The Hall–Kier alpha value is -5.80. The summed E-state index contributed by atoms with van der Waals surface area (Å²) in [7, 11) is 0. The van der Waals surface area contributed by atoms with E-state index in [9.17, 15) is 0 Å². The predicted octanol–water partition coefficient (Wildman–Crippen LogP) is 8.40. The summed E-state index contributed by atoms with van der Waals surface area (Å²) in [5.41, 5.74) is 11.1. The molecule has 0 aliphatic heterocycles. The van der Waals surface area contributed by atoms with Gasteiger partial charge in [-0.05, 0) is 48.5 Å². The van der Waals surface area contributed by atoms with Crippen LogP contribution in [0.1, 0.15) is 0 Å². The molecule has 0 saturated heterocycles. The second kappa shape index (κ2) is 10.4. The standard InChI is InChI=1S/C42H29BN2/c1-4-15-30(16-5-1)43(31-17-6-2-7-18-31)32-19-14-22-34(27-32)45-40-26-13-11-24-36(40)38-28-41-37(29-42(38)45)35-23-10-12-25-39(35)44(41)33-20-8-3-9-21-33/h1-29H. The Morgan fingerprint density at radius 2 is 0.711 bits per heavy atom. The third-order valence-electron chi connectivity index (χ3n) is 9.21. The quantitative estimate of drug-likeness (QED) is 0.183. The minimum Gasteiger partial charge on any atom is -0.309 e. The minimum absolute atomic E-state index is 0.135. The first-order valence-electron chi connectivity index (χ1n) is 15.6. The Kier molecular flexibility index (Phi) is 5.95. The molecule has 0 unspecified atom stereocenters. The Labute approximate surface area is 262 Å². The molecule has 3 heteroatoms. The zero-order chi connectivity index (χ0) is 29.7. The maximum atomic E-state index is 2.45. The van der Waals surface area contributed by atoms with E-state index in [1.807, 2.05) is 0 Å². The molecular weight excluding hydrogens is 543 g/mol. The first-order chi connectivity index (χ1) is 22.3. The average Bonchev–Trinajstić information content (AvgIpc) is 3.61. The smallest absolute Gasteiger partial charge is 0.241 e. The van der Waals surface area contributed by atoms with Crippen LogP contribution >= 0.6 is 0 Å². The number of rotatable bonds is 5. The second-order valence-corrected chi connectivity index (χ2v) is 11.8. The van der Waals surface area contributed by atoms with Crippen molar-refractivity contribution in [2.75, 3.05) is 0 Å². The fourth-order valence-electron chi connectivity index (χ4n) is 7.28. The Morgan fingerprint density at radius 1 is 0.289 bits per heavy atom. The fourth-order valence-corrected chi connectivity index (χ4v) is 7.28. The van der Waals surface area contributed by atoms with Gasteiger partial charge in [-0.2, -0.15) is 0 Å². The van der Waals surface area contributed by atoms with E-state index in [1.165, 1.54) is 71.4 Å². The summed E-state index contributed by atoms with van der Waals surface area (Å²) in [5, 5.41) is 5.03. The summed E-state index contributed by atoms with van der Waals surface area (Å²) in [6.45, 7) is 0.135. The van der Waals surface area contributed by atoms with Crippen LogP contribution in [0, 0.1) is 0 Å². The summed E-state index contributed by atoms with van der Waals surface area (Å²) >= 11 is 0. The van der Waals surface area contributed by atoms with Gasteiger partial charge in [0.05, 0.1) is 22.1 Å². The first-order valence-corrected chi connectivity index (χ1v) is 15.6. The zero-order valence-electron chi connectivity index (χ0n) is 24.7. The number of hydrogen-bond donors (Lipinski definition) is 0. The lowest BCUT2D eigenvalue weighted by Gasteiger charge is -2.17. The summed E-state index contributed by atoms with van der Waals surface area (Å²) in [6.07, 6.45) is 0. The Balaban J connectivity index is 1.33. The van der Waals surface area contributed by atoms with Crippen LogP contribution in [0.4, 0.5) is 0 Å². The molecule has 2 heterocycles. The summed E-state index contributed by atoms with van der Waals surface area (Å²) in [5.74, 6) is 0. The van der Waals surface area contributed by atoms with E-state index in [2.05, 4.69) is 185 Å². The lowest BCUT2D eigenvalue weighted by atomic mass is 9.37. The molecule has 0 N–H and O–H groups in total. The second-order valence-electron chi connectivity index (χ2n) is 11.8. The highest BCUT2D eigenvalue weighted by atomic mass is 15.0. The van der Waals surface area contributed by atoms with Crippen LogP contribution in [0.15, 0.2) is 176 Å². The maximum Gasteiger partial charge on any atom is 0.241 e. The van der Waals surface area contributed by atoms with Crippen LogP contribution in [0.25, 0.3) is 55.0 Å². The third kappa shape index (κ3) is 4.12. The van der Waals surface area contributed by atoms with E-state index < -0.39 is 0 Å². The van der Waals surface area contributed by atoms with Gasteiger partial charge in [0, 0.05) is 32.9 Å². The van der Waals surface area contributed by atoms with Crippen molar-refractivity contribution >= 4 is 66.7 Å². The highest BCUT2D eigenvalue weighted by Crippen LogP contribution is 2.39. The summed E-state index contributed by atoms with van der Waals surface area (Å²) in [6, 6.07) is 63.9. The van der Waals surface area contributed by atoms with Gasteiger partial charge in [-0.15, -0.1) is 0 Å². The molecule has 2 nitrogen and oxygen atoms in total. The molecule has 9 aromatic rings. The van der Waals surface area contributed by atoms with E-state index in [4.69, 9.17) is 0 Å². The zero-order valence-corrected chi connectivity index (χ0v) is 24.7. The van der Waals surface area contributed by atoms with Crippen LogP contribution in [0.2, 0.25) is 0 Å². The summed E-state index contributed by atoms with van der Waals surface area (Å²) < 4.78 is 4.86. The van der Waals surface area contributed by atoms with Crippen LogP contribution in [-0.2, 0) is 0 Å². The van der Waals surface area contributed by atoms with Gasteiger partial charge in [0.15, 0.2) is 0 Å². The van der Waals surface area contributed by atoms with E-state index in [-0.39, 0.29) is 6.71 Å². The molecule has 210 valence electrons. The van der Waals surface area contributed by atoms with Crippen molar-refractivity contribution in [3.8, 4) is 11.4 Å². The molecule has 7 aromatic carbocycles. The number of benzene rings is 7. The number of para-hydroxylation sites is 3. The fraction of sp³-hybridized carbons (Fsp3) is 0. The number of aromatic nitrogens is 2. The third-order valence-corrected chi connectivity index (χ3v) is 9.21. The van der Waals surface area contributed by atoms with Crippen LogP contribution in [0.5, 0.6) is 0 Å². The molecule has 0 bridgehead atoms. The van der Waals surface area contributed by atoms with Gasteiger partial charge in [-0.25, -0.2) is 0 Å². The predicted molar refractivity (Wildman–Crippen MR) is 193 cm³/mol. The van der Waals surface area contributed by atoms with Crippen LogP contribution < -0.4 is 16.4 Å². The van der Waals surface area contributed by atoms with Gasteiger partial charge in [0.1, 0.15) is 0 Å². The van der Waals surface area contributed by atoms with E-state index in [0.29, 0.717) is 0 Å². The molecule has 0 aliphatic rings. The molecule has 0 aliphatic carbocycles. The number of fused-ring (bicyclic) bond motifs is 6. The monoisotopic (exact) mass is 572 g/mol. The van der Waals surface area contributed by atoms with Crippen molar-refractivity contribution in [2.45, 2.75) is 0 Å². The minimum atomic E-state index is 0.135. The maximum absolute atomic E-state index is 2.45. The molecule has 0 saturated carbocycles. The van der Waals surface area contributed by atoms with Crippen molar-refractivity contribution in [2.24, 2.45) is 0 Å². The average molecular weight is 573 g/mol. The molecule has 0 radical (unpaired) electrons. The lowest BCUT2D eigenvalue weighted by molar-refractivity contribution is 1.18. The molecule has 0 amide bonds. The van der Waals surface area contributed by atoms with Gasteiger partial charge in [0.25, 0.3) is 0 Å². The lowest BCUT2D eigenvalue weighted by Crippen LogP contribution is -2.51. The molecule has 0 fully saturated rings. The van der Waals surface area contributed by atoms with Crippen molar-refractivity contribution < 1.29 is 0 Å². The number of nitrogens with zero attached hydrogens (tertiary/aromatic N) is 2. The number of hydrogen-bond acceptors (Lipinski definition) is 0. The van der Waals surface area contributed by atoms with Crippen LogP contribution in [0.3, 0.4) is 0 Å². The van der Waals surface area contributed by atoms with Crippen molar-refractivity contribution in [1.29, 1.82) is 0 Å². The van der Waals surface area contributed by atoms with Crippen molar-refractivity contribution in [3.05, 3.63) is 176 Å².